The van der Waals surface area contributed by atoms with E-state index in [2.05, 4.69) is 39.8 Å². The van der Waals surface area contributed by atoms with Crippen molar-refractivity contribution in [2.45, 2.75) is 18.0 Å². The second-order valence-corrected chi connectivity index (χ2v) is 7.95. The Morgan fingerprint density at radius 3 is 2.64 bits per heavy atom. The summed E-state index contributed by atoms with van der Waals surface area (Å²) in [6, 6.07) is 13.8. The molecule has 0 saturated carbocycles. The fraction of sp³-hybridized carbons (Fsp3) is 0.333. The van der Waals surface area contributed by atoms with Crippen LogP contribution >= 0.6 is 11.8 Å². The van der Waals surface area contributed by atoms with Crippen molar-refractivity contribution >= 4 is 29.3 Å². The maximum absolute atomic E-state index is 12.5. The van der Waals surface area contributed by atoms with Crippen LogP contribution in [-0.2, 0) is 22.6 Å². The predicted molar refractivity (Wildman–Crippen MR) is 110 cm³/mol. The monoisotopic (exact) mass is 397 g/mol. The third-order valence-corrected chi connectivity index (χ3v) is 5.93. The first-order chi connectivity index (χ1) is 13.7. The fourth-order valence-electron chi connectivity index (χ4n) is 3.29. The van der Waals surface area contributed by atoms with Crippen LogP contribution in [0.5, 0.6) is 0 Å². The van der Waals surface area contributed by atoms with Gasteiger partial charge in [-0.2, -0.15) is 0 Å². The van der Waals surface area contributed by atoms with Gasteiger partial charge in [0.2, 0.25) is 5.91 Å². The highest BCUT2D eigenvalue weighted by Crippen LogP contribution is 2.31. The summed E-state index contributed by atoms with van der Waals surface area (Å²) in [5.74, 6) is 0.234. The number of fused-ring (bicyclic) bond motifs is 1. The number of amides is 2. The summed E-state index contributed by atoms with van der Waals surface area (Å²) in [4.78, 5) is 27.4. The predicted octanol–water partition coefficient (Wildman–Crippen LogP) is 2.49. The number of nitrogens with zero attached hydrogens (tertiary/aromatic N) is 1. The number of thioether (sulfide) groups is 1. The van der Waals surface area contributed by atoms with Gasteiger partial charge < -0.3 is 15.4 Å². The number of hydrogen-bond acceptors (Lipinski definition) is 5. The molecular formula is C21H23N3O3S. The number of benzene rings is 2. The second kappa shape index (κ2) is 8.77. The Bertz CT molecular complexity index is 864. The number of rotatable bonds is 5. The third kappa shape index (κ3) is 4.73. The van der Waals surface area contributed by atoms with Gasteiger partial charge in [0.05, 0.1) is 24.7 Å². The molecule has 0 aromatic heterocycles. The molecule has 0 radical (unpaired) electrons. The summed E-state index contributed by atoms with van der Waals surface area (Å²) in [7, 11) is 0. The highest BCUT2D eigenvalue weighted by Gasteiger charge is 2.17. The van der Waals surface area contributed by atoms with Crippen LogP contribution in [0.4, 0.5) is 5.69 Å². The minimum Gasteiger partial charge on any atom is -0.379 e. The first-order valence-electron chi connectivity index (χ1n) is 9.40. The number of morpholine rings is 1. The van der Waals surface area contributed by atoms with Crippen LogP contribution in [-0.4, -0.2) is 48.8 Å². The van der Waals surface area contributed by atoms with Crippen LogP contribution in [0, 0.1) is 0 Å². The van der Waals surface area contributed by atoms with E-state index in [1.165, 1.54) is 17.3 Å². The summed E-state index contributed by atoms with van der Waals surface area (Å²) in [5.41, 5.74) is 3.58. The zero-order chi connectivity index (χ0) is 19.3. The molecule has 1 saturated heterocycles. The summed E-state index contributed by atoms with van der Waals surface area (Å²) in [5, 5.41) is 5.77. The molecule has 2 aliphatic rings. The van der Waals surface area contributed by atoms with Gasteiger partial charge in [-0.05, 0) is 29.3 Å². The Hall–Kier alpha value is -2.35. The summed E-state index contributed by atoms with van der Waals surface area (Å²) >= 11 is 1.49. The molecule has 2 aliphatic heterocycles. The first kappa shape index (κ1) is 19.0. The van der Waals surface area contributed by atoms with Gasteiger partial charge in [0.15, 0.2) is 0 Å². The second-order valence-electron chi connectivity index (χ2n) is 6.94. The van der Waals surface area contributed by atoms with Crippen LogP contribution in [0.1, 0.15) is 21.5 Å². The van der Waals surface area contributed by atoms with Crippen molar-refractivity contribution in [3.05, 3.63) is 59.2 Å². The highest BCUT2D eigenvalue weighted by atomic mass is 32.2. The van der Waals surface area contributed by atoms with E-state index in [-0.39, 0.29) is 11.8 Å². The van der Waals surface area contributed by atoms with Crippen molar-refractivity contribution in [3.8, 4) is 0 Å². The van der Waals surface area contributed by atoms with E-state index in [1.807, 2.05) is 6.07 Å². The van der Waals surface area contributed by atoms with Crippen molar-refractivity contribution in [2.75, 3.05) is 37.4 Å². The molecule has 4 rings (SSSR count). The van der Waals surface area contributed by atoms with Crippen LogP contribution in [0.2, 0.25) is 0 Å². The molecule has 2 heterocycles. The van der Waals surface area contributed by atoms with Crippen LogP contribution in [0.25, 0.3) is 0 Å². The molecular weight excluding hydrogens is 374 g/mol. The van der Waals surface area contributed by atoms with Crippen molar-refractivity contribution in [2.24, 2.45) is 0 Å². The maximum Gasteiger partial charge on any atom is 0.251 e. The van der Waals surface area contributed by atoms with Crippen LogP contribution in [0.15, 0.2) is 47.4 Å². The summed E-state index contributed by atoms with van der Waals surface area (Å²) in [6.07, 6.45) is 0. The average Bonchev–Trinajstić information content (AvgIpc) is 2.73. The smallest absolute Gasteiger partial charge is 0.251 e. The van der Waals surface area contributed by atoms with Crippen molar-refractivity contribution < 1.29 is 14.3 Å². The Kier molecular flexibility index (Phi) is 5.95. The van der Waals surface area contributed by atoms with E-state index in [4.69, 9.17) is 4.74 Å². The third-order valence-electron chi connectivity index (χ3n) is 4.86. The van der Waals surface area contributed by atoms with Gasteiger partial charge in [0.1, 0.15) is 0 Å². The molecule has 28 heavy (non-hydrogen) atoms. The molecule has 0 bridgehead atoms. The lowest BCUT2D eigenvalue weighted by atomic mass is 10.1. The minimum atomic E-state index is -0.148. The number of nitrogens with one attached hydrogen (secondary N) is 2. The largest absolute Gasteiger partial charge is 0.379 e. The Morgan fingerprint density at radius 1 is 1.11 bits per heavy atom. The topological polar surface area (TPSA) is 70.7 Å². The first-order valence-corrected chi connectivity index (χ1v) is 10.4. The van der Waals surface area contributed by atoms with Crippen molar-refractivity contribution in [1.29, 1.82) is 0 Å². The van der Waals surface area contributed by atoms with Gasteiger partial charge in [0.25, 0.3) is 5.91 Å². The molecule has 146 valence electrons. The van der Waals surface area contributed by atoms with Crippen molar-refractivity contribution in [1.82, 2.24) is 10.2 Å². The van der Waals surface area contributed by atoms with Gasteiger partial charge in [-0.25, -0.2) is 0 Å². The molecule has 0 aliphatic carbocycles. The van der Waals surface area contributed by atoms with Gasteiger partial charge in [-0.1, -0.05) is 24.3 Å². The standard InChI is InChI=1S/C21H23N3O3S/c25-20-14-28-19-6-5-17(11-18(19)23-20)21(26)22-12-15-1-3-16(4-2-15)13-24-7-9-27-10-8-24/h1-6,11H,7-10,12-14H2,(H,22,26)(H,23,25). The Balaban J connectivity index is 1.32. The SMILES string of the molecule is O=C1CSc2ccc(C(=O)NCc3ccc(CN4CCOCC4)cc3)cc2N1. The fourth-order valence-corrected chi connectivity index (χ4v) is 4.08. The zero-order valence-electron chi connectivity index (χ0n) is 15.6. The average molecular weight is 398 g/mol. The van der Waals surface area contributed by atoms with Gasteiger partial charge in [0, 0.05) is 36.6 Å². The normalized spacial score (nSPS) is 16.9. The molecule has 0 atom stereocenters. The molecule has 7 heteroatoms. The Labute approximate surface area is 168 Å². The maximum atomic E-state index is 12.5. The molecule has 2 aromatic carbocycles. The van der Waals surface area contributed by atoms with Gasteiger partial charge in [-0.15, -0.1) is 11.8 Å². The zero-order valence-corrected chi connectivity index (χ0v) is 16.4. The van der Waals surface area contributed by atoms with E-state index in [1.54, 1.807) is 12.1 Å². The summed E-state index contributed by atoms with van der Waals surface area (Å²) < 4.78 is 5.38. The minimum absolute atomic E-state index is 0.0350. The molecule has 2 amide bonds. The number of carbonyl (C=O) groups excluding carboxylic acids is 2. The van der Waals surface area contributed by atoms with Crippen LogP contribution in [0.3, 0.4) is 0 Å². The lowest BCUT2D eigenvalue weighted by molar-refractivity contribution is -0.113. The number of hydrogen-bond donors (Lipinski definition) is 2. The summed E-state index contributed by atoms with van der Waals surface area (Å²) in [6.45, 7) is 4.93. The Morgan fingerprint density at radius 2 is 1.86 bits per heavy atom. The van der Waals surface area contributed by atoms with Crippen molar-refractivity contribution in [3.63, 3.8) is 0 Å². The molecule has 6 nitrogen and oxygen atoms in total. The number of carbonyl (C=O) groups is 2. The molecule has 0 spiro atoms. The van der Waals surface area contributed by atoms with Gasteiger partial charge >= 0.3 is 0 Å². The lowest BCUT2D eigenvalue weighted by Gasteiger charge is -2.26. The van der Waals surface area contributed by atoms with E-state index in [0.29, 0.717) is 23.5 Å². The van der Waals surface area contributed by atoms with Gasteiger partial charge in [-0.3, -0.25) is 14.5 Å². The van der Waals surface area contributed by atoms with E-state index >= 15 is 0 Å². The molecule has 0 unspecified atom stereocenters. The van der Waals surface area contributed by atoms with E-state index in [9.17, 15) is 9.59 Å². The van der Waals surface area contributed by atoms with E-state index in [0.717, 1.165) is 43.3 Å². The number of ether oxygens (including phenoxy) is 1. The lowest BCUT2D eigenvalue weighted by Crippen LogP contribution is -2.35. The van der Waals surface area contributed by atoms with Crippen LogP contribution < -0.4 is 10.6 Å². The highest BCUT2D eigenvalue weighted by molar-refractivity contribution is 8.00. The van der Waals surface area contributed by atoms with E-state index < -0.39 is 0 Å². The molecule has 1 fully saturated rings. The quantitative estimate of drug-likeness (QED) is 0.811. The molecule has 2 N–H and O–H groups in total. The molecule has 2 aromatic rings. The number of anilines is 1.